The fourth-order valence-corrected chi connectivity index (χ4v) is 4.74. The Bertz CT molecular complexity index is 338. The summed E-state index contributed by atoms with van der Waals surface area (Å²) in [5.74, 6) is 1.34. The molecule has 0 aromatic carbocycles. The van der Waals surface area contributed by atoms with Gasteiger partial charge in [-0.25, -0.2) is 0 Å². The minimum Gasteiger partial charge on any atom is -0.362 e. The molecule has 1 atom stereocenters. The van der Waals surface area contributed by atoms with Crippen LogP contribution in [0.3, 0.4) is 0 Å². The molecule has 162 valence electrons. The monoisotopic (exact) mass is 462 g/mol. The minimum atomic E-state index is 0. The smallest absolute Gasteiger partial charge is 0.0891 e. The molecule has 0 amide bonds. The average Bonchev–Trinajstić information content (AvgIpc) is 3.03. The molecular formula is C23H47BrN2S. The van der Waals surface area contributed by atoms with Gasteiger partial charge in [-0.2, -0.15) is 11.8 Å². The zero-order chi connectivity index (χ0) is 18.9. The van der Waals surface area contributed by atoms with E-state index in [0.29, 0.717) is 0 Å². The van der Waals surface area contributed by atoms with Crippen LogP contribution in [-0.2, 0) is 0 Å². The van der Waals surface area contributed by atoms with E-state index in [1.54, 1.807) is 0 Å². The second kappa shape index (κ2) is 19.5. The van der Waals surface area contributed by atoms with Crippen LogP contribution in [0, 0.1) is 0 Å². The van der Waals surface area contributed by atoms with Gasteiger partial charge in [-0.1, -0.05) is 97.3 Å². The molecule has 0 fully saturated rings. The Labute approximate surface area is 185 Å². The lowest BCUT2D eigenvalue weighted by molar-refractivity contribution is 0.299. The maximum atomic E-state index is 2.42. The topological polar surface area (TPSA) is 6.48 Å². The molecule has 0 aliphatic carbocycles. The number of hydrogen-bond acceptors (Lipinski definition) is 3. The van der Waals surface area contributed by atoms with Crippen molar-refractivity contribution in [1.29, 1.82) is 0 Å². The first-order chi connectivity index (χ1) is 12.7. The van der Waals surface area contributed by atoms with Crippen molar-refractivity contribution < 1.29 is 0 Å². The van der Waals surface area contributed by atoms with Crippen molar-refractivity contribution in [2.24, 2.45) is 0 Å². The number of halogens is 1. The van der Waals surface area contributed by atoms with Gasteiger partial charge in [0, 0.05) is 31.2 Å². The highest BCUT2D eigenvalue weighted by atomic mass is 79.9. The van der Waals surface area contributed by atoms with Gasteiger partial charge in [-0.15, -0.1) is 17.0 Å². The fourth-order valence-electron chi connectivity index (χ4n) is 3.67. The predicted molar refractivity (Wildman–Crippen MR) is 131 cm³/mol. The summed E-state index contributed by atoms with van der Waals surface area (Å²) in [7, 11) is 2.14. The van der Waals surface area contributed by atoms with E-state index < -0.39 is 0 Å². The van der Waals surface area contributed by atoms with Crippen LogP contribution in [0.15, 0.2) is 12.4 Å². The Hall–Kier alpha value is 0.170. The quantitative estimate of drug-likeness (QED) is 0.191. The zero-order valence-electron chi connectivity index (χ0n) is 18.5. The molecule has 0 spiro atoms. The maximum Gasteiger partial charge on any atom is 0.0891 e. The first kappa shape index (κ1) is 27.2. The largest absolute Gasteiger partial charge is 0.362 e. The lowest BCUT2D eigenvalue weighted by atomic mass is 10.0. The highest BCUT2D eigenvalue weighted by Gasteiger charge is 2.12. The van der Waals surface area contributed by atoms with Gasteiger partial charge in [-0.3, -0.25) is 0 Å². The van der Waals surface area contributed by atoms with Crippen LogP contribution in [-0.4, -0.2) is 41.1 Å². The Morgan fingerprint density at radius 2 is 1.26 bits per heavy atom. The fraction of sp³-hybridized carbons (Fsp3) is 0.913. The first-order valence-corrected chi connectivity index (χ1v) is 12.5. The van der Waals surface area contributed by atoms with Gasteiger partial charge in [0.15, 0.2) is 0 Å². The van der Waals surface area contributed by atoms with Crippen LogP contribution < -0.4 is 0 Å². The molecule has 0 N–H and O–H groups in total. The van der Waals surface area contributed by atoms with Gasteiger partial charge in [-0.05, 0) is 12.2 Å². The van der Waals surface area contributed by atoms with Crippen LogP contribution >= 0.6 is 28.7 Å². The summed E-state index contributed by atoms with van der Waals surface area (Å²) in [5, 5.41) is 0.744. The van der Waals surface area contributed by atoms with Gasteiger partial charge in [0.05, 0.1) is 6.67 Å². The van der Waals surface area contributed by atoms with Gasteiger partial charge >= 0.3 is 0 Å². The van der Waals surface area contributed by atoms with Crippen molar-refractivity contribution in [3.63, 3.8) is 0 Å². The Balaban J connectivity index is 0.00000676. The minimum absolute atomic E-state index is 0. The highest BCUT2D eigenvalue weighted by Crippen LogP contribution is 2.18. The lowest BCUT2D eigenvalue weighted by Gasteiger charge is -2.21. The summed E-state index contributed by atoms with van der Waals surface area (Å²) < 4.78 is 0. The molecule has 0 radical (unpaired) electrons. The van der Waals surface area contributed by atoms with E-state index in [1.165, 1.54) is 102 Å². The first-order valence-electron chi connectivity index (χ1n) is 11.5. The van der Waals surface area contributed by atoms with Gasteiger partial charge in [0.1, 0.15) is 0 Å². The summed E-state index contributed by atoms with van der Waals surface area (Å²) in [6.45, 7) is 6.92. The third-order valence-electron chi connectivity index (χ3n) is 5.33. The number of thioether (sulfide) groups is 1. The Morgan fingerprint density at radius 1 is 0.778 bits per heavy atom. The average molecular weight is 464 g/mol. The van der Waals surface area contributed by atoms with Crippen molar-refractivity contribution >= 4 is 28.7 Å². The molecule has 27 heavy (non-hydrogen) atoms. The molecule has 1 aliphatic rings. The Morgan fingerprint density at radius 3 is 1.70 bits per heavy atom. The third-order valence-corrected chi connectivity index (χ3v) is 6.57. The van der Waals surface area contributed by atoms with Gasteiger partial charge in [0.25, 0.3) is 0 Å². The maximum absolute atomic E-state index is 2.42. The van der Waals surface area contributed by atoms with Crippen molar-refractivity contribution in [1.82, 2.24) is 9.80 Å². The van der Waals surface area contributed by atoms with Crippen molar-refractivity contribution in [2.45, 2.75) is 109 Å². The molecular weight excluding hydrogens is 416 g/mol. The third kappa shape index (κ3) is 16.8. The zero-order valence-corrected chi connectivity index (χ0v) is 21.0. The number of hydrogen-bond donors (Lipinski definition) is 0. The Kier molecular flexibility index (Phi) is 19.6. The van der Waals surface area contributed by atoms with E-state index in [9.17, 15) is 0 Å². The molecule has 4 heteroatoms. The van der Waals surface area contributed by atoms with Gasteiger partial charge in [0.2, 0.25) is 0 Å². The van der Waals surface area contributed by atoms with E-state index in [4.69, 9.17) is 0 Å². The molecule has 1 rings (SSSR count). The van der Waals surface area contributed by atoms with Crippen LogP contribution in [0.25, 0.3) is 0 Å². The van der Waals surface area contributed by atoms with Crippen molar-refractivity contribution in [3.8, 4) is 0 Å². The number of rotatable bonds is 18. The second-order valence-electron chi connectivity index (χ2n) is 8.25. The van der Waals surface area contributed by atoms with Crippen LogP contribution in [0.5, 0.6) is 0 Å². The second-order valence-corrected chi connectivity index (χ2v) is 9.79. The van der Waals surface area contributed by atoms with E-state index in [2.05, 4.69) is 54.9 Å². The number of nitrogens with zero attached hydrogens (tertiary/aromatic N) is 2. The van der Waals surface area contributed by atoms with Crippen molar-refractivity contribution in [2.75, 3.05) is 26.0 Å². The molecule has 2 nitrogen and oxygen atoms in total. The summed E-state index contributed by atoms with van der Waals surface area (Å²) in [5.41, 5.74) is 0. The summed E-state index contributed by atoms with van der Waals surface area (Å²) >= 11 is 2.15. The van der Waals surface area contributed by atoms with Crippen LogP contribution in [0.2, 0.25) is 0 Å². The lowest BCUT2D eigenvalue weighted by Crippen LogP contribution is -2.28. The summed E-state index contributed by atoms with van der Waals surface area (Å²) in [4.78, 5) is 4.66. The normalized spacial score (nSPS) is 14.6. The molecule has 0 aromatic heterocycles. The number of unbranched alkanes of at least 4 members (excludes halogenated alkanes) is 13. The molecule has 1 aliphatic heterocycles. The SMILES string of the molecule is Br.CCCCCCCCCCCCCCCCSC(C)CN1C=CN(C)C1. The van der Waals surface area contributed by atoms with Crippen molar-refractivity contribution in [3.05, 3.63) is 12.4 Å². The molecule has 1 heterocycles. The summed E-state index contributed by atoms with van der Waals surface area (Å²) in [6.07, 6.45) is 24.7. The molecule has 1 unspecified atom stereocenters. The molecule has 0 bridgehead atoms. The summed E-state index contributed by atoms with van der Waals surface area (Å²) in [6, 6.07) is 0. The van der Waals surface area contributed by atoms with E-state index in [-0.39, 0.29) is 17.0 Å². The van der Waals surface area contributed by atoms with Gasteiger partial charge < -0.3 is 9.80 Å². The van der Waals surface area contributed by atoms with Crippen LogP contribution in [0.1, 0.15) is 104 Å². The van der Waals surface area contributed by atoms with Crippen LogP contribution in [0.4, 0.5) is 0 Å². The van der Waals surface area contributed by atoms with E-state index in [1.807, 2.05) is 0 Å². The molecule has 0 saturated carbocycles. The molecule has 0 aromatic rings. The standard InChI is InChI=1S/C23H46N2S.BrH/c1-4-5-6-7-8-9-10-11-12-13-14-15-16-17-20-26-23(2)21-25-19-18-24(3)22-25;/h18-19,23H,4-17,20-22H2,1-3H3;1H. The molecule has 0 saturated heterocycles. The van der Waals surface area contributed by atoms with E-state index >= 15 is 0 Å². The van der Waals surface area contributed by atoms with E-state index in [0.717, 1.165) is 11.9 Å². The predicted octanol–water partition coefficient (Wildman–Crippen LogP) is 7.84. The highest BCUT2D eigenvalue weighted by molar-refractivity contribution is 8.93.